The Kier molecular flexibility index (Phi) is 7.84. The van der Waals surface area contributed by atoms with E-state index in [-0.39, 0.29) is 18.6 Å². The fourth-order valence-electron chi connectivity index (χ4n) is 4.59. The second-order valence-corrected chi connectivity index (χ2v) is 9.65. The molecule has 1 aliphatic carbocycles. The topological polar surface area (TPSA) is 102 Å². The van der Waals surface area contributed by atoms with Crippen molar-refractivity contribution in [3.05, 3.63) is 42.7 Å². The zero-order valence-electron chi connectivity index (χ0n) is 21.4. The predicted molar refractivity (Wildman–Crippen MR) is 141 cm³/mol. The van der Waals surface area contributed by atoms with E-state index in [0.29, 0.717) is 30.9 Å². The summed E-state index contributed by atoms with van der Waals surface area (Å²) in [5.41, 5.74) is 0.897. The molecule has 0 spiro atoms. The quantitative estimate of drug-likeness (QED) is 0.494. The third-order valence-electron chi connectivity index (χ3n) is 6.79. The van der Waals surface area contributed by atoms with Crippen molar-refractivity contribution in [3.63, 3.8) is 0 Å². The Morgan fingerprint density at radius 2 is 1.95 bits per heavy atom. The number of nitrogens with zero attached hydrogens (tertiary/aromatic N) is 5. The first-order valence-electron chi connectivity index (χ1n) is 12.9. The summed E-state index contributed by atoms with van der Waals surface area (Å²) in [6.45, 7) is 3.04. The molecule has 1 saturated heterocycles. The maximum Gasteiger partial charge on any atom is 0.259 e. The first kappa shape index (κ1) is 25.0. The number of hydrogen-bond donors (Lipinski definition) is 1. The molecule has 5 rings (SSSR count). The van der Waals surface area contributed by atoms with Gasteiger partial charge >= 0.3 is 0 Å². The van der Waals surface area contributed by atoms with Crippen molar-refractivity contribution in [2.24, 2.45) is 0 Å². The number of nitrogens with one attached hydrogen (secondary N) is 1. The molecule has 1 aliphatic heterocycles. The largest absolute Gasteiger partial charge is 0.482 e. The van der Waals surface area contributed by atoms with Crippen molar-refractivity contribution in [2.45, 2.75) is 37.8 Å². The van der Waals surface area contributed by atoms with Crippen LogP contribution in [0.2, 0.25) is 0 Å². The summed E-state index contributed by atoms with van der Waals surface area (Å²) in [6.07, 6.45) is 7.36. The number of hydrogen-bond acceptors (Lipinski definition) is 9. The molecule has 2 fully saturated rings. The van der Waals surface area contributed by atoms with E-state index in [1.165, 1.54) is 4.90 Å². The third-order valence-corrected chi connectivity index (χ3v) is 6.79. The smallest absolute Gasteiger partial charge is 0.259 e. The minimum absolute atomic E-state index is 0.00102. The van der Waals surface area contributed by atoms with Crippen molar-refractivity contribution >= 4 is 28.4 Å². The van der Waals surface area contributed by atoms with Gasteiger partial charge in [0.2, 0.25) is 5.88 Å². The van der Waals surface area contributed by atoms with E-state index >= 15 is 0 Å². The molecular formula is C27H34N6O4. The normalized spacial score (nSPS) is 19.9. The monoisotopic (exact) mass is 506 g/mol. The van der Waals surface area contributed by atoms with Crippen LogP contribution in [-0.2, 0) is 9.53 Å². The number of likely N-dealkylation sites (N-methyl/N-ethyl adjacent to an activating group) is 1. The first-order chi connectivity index (χ1) is 18.0. The Morgan fingerprint density at radius 1 is 1.14 bits per heavy atom. The van der Waals surface area contributed by atoms with Crippen molar-refractivity contribution in [1.29, 1.82) is 0 Å². The SMILES string of the molecule is CN(C)C(=O)COc1ccc(NC2CCC(Oc3nc(N4CCOCC4)cc4ncccc34)CC2)nc1. The highest BCUT2D eigenvalue weighted by atomic mass is 16.5. The van der Waals surface area contributed by atoms with E-state index in [1.807, 2.05) is 36.5 Å². The zero-order valence-corrected chi connectivity index (χ0v) is 21.4. The van der Waals surface area contributed by atoms with Gasteiger partial charge < -0.3 is 29.3 Å². The van der Waals surface area contributed by atoms with E-state index < -0.39 is 0 Å². The maximum absolute atomic E-state index is 11.7. The third kappa shape index (κ3) is 6.37. The molecule has 0 radical (unpaired) electrons. The molecule has 10 nitrogen and oxygen atoms in total. The summed E-state index contributed by atoms with van der Waals surface area (Å²) in [7, 11) is 3.41. The number of pyridine rings is 3. The molecule has 0 atom stereocenters. The zero-order chi connectivity index (χ0) is 25.6. The Labute approximate surface area is 216 Å². The summed E-state index contributed by atoms with van der Waals surface area (Å²) in [5, 5.41) is 4.46. The predicted octanol–water partition coefficient (Wildman–Crippen LogP) is 3.13. The average molecular weight is 507 g/mol. The minimum Gasteiger partial charge on any atom is -0.482 e. The second-order valence-electron chi connectivity index (χ2n) is 9.65. The molecule has 1 N–H and O–H groups in total. The maximum atomic E-state index is 11.7. The number of ether oxygens (including phenoxy) is 3. The van der Waals surface area contributed by atoms with Gasteiger partial charge in [-0.25, -0.2) is 4.98 Å². The van der Waals surface area contributed by atoms with Crippen LogP contribution in [0.25, 0.3) is 10.9 Å². The van der Waals surface area contributed by atoms with Gasteiger partial charge in [0.1, 0.15) is 23.5 Å². The van der Waals surface area contributed by atoms with Crippen molar-refractivity contribution in [1.82, 2.24) is 19.9 Å². The van der Waals surface area contributed by atoms with Gasteiger partial charge in [0, 0.05) is 45.5 Å². The summed E-state index contributed by atoms with van der Waals surface area (Å²) >= 11 is 0. The molecule has 1 saturated carbocycles. The molecule has 4 heterocycles. The van der Waals surface area contributed by atoms with Gasteiger partial charge in [0.25, 0.3) is 5.91 Å². The standard InChI is InChI=1S/C27H34N6O4/c1-32(2)26(34)18-36-21-9-10-24(29-17-21)30-19-5-7-20(8-6-19)37-27-22-4-3-11-28-23(22)16-25(31-27)33-12-14-35-15-13-33/h3-4,9-11,16-17,19-20H,5-8,12-15,18H2,1-2H3,(H,29,30). The van der Waals surface area contributed by atoms with Gasteiger partial charge in [0.15, 0.2) is 6.61 Å². The molecule has 1 amide bonds. The molecule has 3 aromatic heterocycles. The lowest BCUT2D eigenvalue weighted by Crippen LogP contribution is -2.37. The fourth-order valence-corrected chi connectivity index (χ4v) is 4.59. The molecule has 196 valence electrons. The van der Waals surface area contributed by atoms with E-state index in [1.54, 1.807) is 20.3 Å². The summed E-state index contributed by atoms with van der Waals surface area (Å²) in [6, 6.07) is 10.0. The lowest BCUT2D eigenvalue weighted by Gasteiger charge is -2.31. The Morgan fingerprint density at radius 3 is 2.68 bits per heavy atom. The van der Waals surface area contributed by atoms with Crippen LogP contribution in [0.15, 0.2) is 42.7 Å². The summed E-state index contributed by atoms with van der Waals surface area (Å²) in [5.74, 6) is 2.84. The number of morpholine rings is 1. The molecule has 0 aromatic carbocycles. The number of carbonyl (C=O) groups is 1. The lowest BCUT2D eigenvalue weighted by molar-refractivity contribution is -0.130. The van der Waals surface area contributed by atoms with Gasteiger partial charge in [-0.15, -0.1) is 0 Å². The van der Waals surface area contributed by atoms with Crippen LogP contribution < -0.4 is 19.7 Å². The highest BCUT2D eigenvalue weighted by molar-refractivity contribution is 5.85. The van der Waals surface area contributed by atoms with Crippen LogP contribution in [0, 0.1) is 0 Å². The number of fused-ring (bicyclic) bond motifs is 1. The van der Waals surface area contributed by atoms with E-state index in [0.717, 1.165) is 61.3 Å². The Hall–Kier alpha value is -3.66. The van der Waals surface area contributed by atoms with Crippen molar-refractivity contribution in [3.8, 4) is 11.6 Å². The van der Waals surface area contributed by atoms with Crippen LogP contribution in [0.5, 0.6) is 11.6 Å². The molecule has 37 heavy (non-hydrogen) atoms. The fraction of sp³-hybridized carbons (Fsp3) is 0.481. The van der Waals surface area contributed by atoms with Gasteiger partial charge in [-0.05, 0) is 49.9 Å². The molecule has 0 unspecified atom stereocenters. The molecule has 2 aliphatic rings. The first-order valence-corrected chi connectivity index (χ1v) is 12.9. The number of amides is 1. The van der Waals surface area contributed by atoms with Gasteiger partial charge in [-0.2, -0.15) is 4.98 Å². The molecule has 0 bridgehead atoms. The molecule has 10 heteroatoms. The lowest BCUT2D eigenvalue weighted by atomic mass is 9.93. The Balaban J connectivity index is 1.16. The van der Waals surface area contributed by atoms with Gasteiger partial charge in [-0.3, -0.25) is 9.78 Å². The van der Waals surface area contributed by atoms with E-state index in [4.69, 9.17) is 19.2 Å². The molecule has 3 aromatic rings. The van der Waals surface area contributed by atoms with Crippen molar-refractivity contribution in [2.75, 3.05) is 57.2 Å². The van der Waals surface area contributed by atoms with E-state index in [2.05, 4.69) is 20.2 Å². The van der Waals surface area contributed by atoms with Crippen LogP contribution >= 0.6 is 0 Å². The highest BCUT2D eigenvalue weighted by Gasteiger charge is 2.25. The van der Waals surface area contributed by atoms with Crippen LogP contribution in [-0.4, -0.2) is 84.9 Å². The summed E-state index contributed by atoms with van der Waals surface area (Å²) in [4.78, 5) is 29.3. The van der Waals surface area contributed by atoms with Gasteiger partial charge in [-0.1, -0.05) is 0 Å². The Bertz CT molecular complexity index is 1190. The number of rotatable bonds is 8. The minimum atomic E-state index is -0.0894. The highest BCUT2D eigenvalue weighted by Crippen LogP contribution is 2.31. The number of aromatic nitrogens is 3. The number of carbonyl (C=O) groups excluding carboxylic acids is 1. The average Bonchev–Trinajstić information content (AvgIpc) is 2.94. The van der Waals surface area contributed by atoms with Crippen LogP contribution in [0.3, 0.4) is 0 Å². The van der Waals surface area contributed by atoms with E-state index in [9.17, 15) is 4.79 Å². The second kappa shape index (κ2) is 11.6. The summed E-state index contributed by atoms with van der Waals surface area (Å²) < 4.78 is 17.5. The van der Waals surface area contributed by atoms with Gasteiger partial charge in [0.05, 0.1) is 30.3 Å². The number of anilines is 2. The van der Waals surface area contributed by atoms with Crippen molar-refractivity contribution < 1.29 is 19.0 Å². The molecular weight excluding hydrogens is 472 g/mol. The van der Waals surface area contributed by atoms with Crippen LogP contribution in [0.4, 0.5) is 11.6 Å². The van der Waals surface area contributed by atoms with Crippen LogP contribution in [0.1, 0.15) is 25.7 Å².